The van der Waals surface area contributed by atoms with Gasteiger partial charge in [-0.15, -0.1) is 0 Å². The van der Waals surface area contributed by atoms with Gasteiger partial charge < -0.3 is 19.9 Å². The summed E-state index contributed by atoms with van der Waals surface area (Å²) in [4.78, 5) is 20.8. The largest absolute Gasteiger partial charge is 0.492 e. The van der Waals surface area contributed by atoms with Crippen molar-refractivity contribution >= 4 is 17.4 Å². The molecule has 7 nitrogen and oxygen atoms in total. The van der Waals surface area contributed by atoms with Crippen LogP contribution in [-0.2, 0) is 0 Å². The van der Waals surface area contributed by atoms with E-state index in [0.717, 1.165) is 17.1 Å². The lowest BCUT2D eigenvalue weighted by Crippen LogP contribution is -2.28. The van der Waals surface area contributed by atoms with E-state index in [2.05, 4.69) is 20.6 Å². The predicted octanol–water partition coefficient (Wildman–Crippen LogP) is 3.82. The Bertz CT molecular complexity index is 1080. The molecule has 2 N–H and O–H groups in total. The number of rotatable bonds is 8. The molecule has 2 aromatic heterocycles. The standard InChI is InChI=1S/C23H21N5O2/c29-23(25-14-16-30-20-5-2-1-3-6-20)21-7-4-8-22(27-21)26-18-9-11-19(12-10-18)28-15-13-24-17-28/h1-13,15,17H,14,16H2,(H,25,29)(H,26,27). The Morgan fingerprint density at radius 1 is 0.967 bits per heavy atom. The molecule has 0 spiro atoms. The van der Waals surface area contributed by atoms with Crippen LogP contribution in [0.5, 0.6) is 5.75 Å². The van der Waals surface area contributed by atoms with Crippen molar-refractivity contribution in [3.05, 3.63) is 97.2 Å². The molecule has 0 saturated carbocycles. The van der Waals surface area contributed by atoms with Crippen LogP contribution < -0.4 is 15.4 Å². The molecule has 0 bridgehead atoms. The zero-order chi connectivity index (χ0) is 20.6. The Hall–Kier alpha value is -4.13. The molecule has 0 aliphatic carbocycles. The van der Waals surface area contributed by atoms with Crippen LogP contribution in [0.4, 0.5) is 11.5 Å². The van der Waals surface area contributed by atoms with E-state index in [4.69, 9.17) is 4.74 Å². The van der Waals surface area contributed by atoms with Crippen LogP contribution >= 0.6 is 0 Å². The van der Waals surface area contributed by atoms with Gasteiger partial charge in [-0.25, -0.2) is 9.97 Å². The lowest BCUT2D eigenvalue weighted by atomic mass is 10.2. The minimum absolute atomic E-state index is 0.245. The number of nitrogens with one attached hydrogen (secondary N) is 2. The van der Waals surface area contributed by atoms with Gasteiger partial charge in [-0.2, -0.15) is 0 Å². The summed E-state index contributed by atoms with van der Waals surface area (Å²) in [6.07, 6.45) is 5.37. The maximum atomic E-state index is 12.4. The Morgan fingerprint density at radius 2 is 1.80 bits per heavy atom. The molecule has 150 valence electrons. The molecule has 0 aliphatic heterocycles. The maximum Gasteiger partial charge on any atom is 0.270 e. The van der Waals surface area contributed by atoms with Crippen molar-refractivity contribution in [2.24, 2.45) is 0 Å². The molecule has 0 atom stereocenters. The molecule has 0 saturated heterocycles. The molecular formula is C23H21N5O2. The predicted molar refractivity (Wildman–Crippen MR) is 115 cm³/mol. The van der Waals surface area contributed by atoms with Gasteiger partial charge in [0.25, 0.3) is 5.91 Å². The molecule has 2 aromatic carbocycles. The average molecular weight is 399 g/mol. The van der Waals surface area contributed by atoms with E-state index < -0.39 is 0 Å². The monoisotopic (exact) mass is 399 g/mol. The van der Waals surface area contributed by atoms with Gasteiger partial charge in [-0.05, 0) is 48.5 Å². The van der Waals surface area contributed by atoms with Crippen LogP contribution in [0.15, 0.2) is 91.5 Å². The fourth-order valence-electron chi connectivity index (χ4n) is 2.85. The van der Waals surface area contributed by atoms with Crippen LogP contribution in [0, 0.1) is 0 Å². The zero-order valence-corrected chi connectivity index (χ0v) is 16.2. The van der Waals surface area contributed by atoms with Gasteiger partial charge >= 0.3 is 0 Å². The van der Waals surface area contributed by atoms with Crippen molar-refractivity contribution in [1.29, 1.82) is 0 Å². The van der Waals surface area contributed by atoms with Crippen molar-refractivity contribution in [1.82, 2.24) is 19.9 Å². The van der Waals surface area contributed by atoms with Crippen molar-refractivity contribution in [3.63, 3.8) is 0 Å². The second-order valence-electron chi connectivity index (χ2n) is 6.47. The van der Waals surface area contributed by atoms with Crippen molar-refractivity contribution in [2.75, 3.05) is 18.5 Å². The number of hydrogen-bond donors (Lipinski definition) is 2. The second kappa shape index (κ2) is 9.38. The number of benzene rings is 2. The number of imidazole rings is 1. The summed E-state index contributed by atoms with van der Waals surface area (Å²) in [7, 11) is 0. The molecule has 4 rings (SSSR count). The maximum absolute atomic E-state index is 12.4. The van der Waals surface area contributed by atoms with E-state index in [-0.39, 0.29) is 5.91 Å². The topological polar surface area (TPSA) is 81.1 Å². The third-order valence-electron chi connectivity index (χ3n) is 4.32. The SMILES string of the molecule is O=C(NCCOc1ccccc1)c1cccc(Nc2ccc(-n3ccnc3)cc2)n1. The van der Waals surface area contributed by atoms with Gasteiger partial charge in [0.05, 0.1) is 12.9 Å². The summed E-state index contributed by atoms with van der Waals surface area (Å²) in [6, 6.07) is 22.6. The highest BCUT2D eigenvalue weighted by atomic mass is 16.5. The molecule has 7 heteroatoms. The highest BCUT2D eigenvalue weighted by molar-refractivity contribution is 5.92. The first kappa shape index (κ1) is 19.2. The summed E-state index contributed by atoms with van der Waals surface area (Å²) >= 11 is 0. The normalized spacial score (nSPS) is 10.4. The third kappa shape index (κ3) is 5.02. The minimum atomic E-state index is -0.245. The summed E-state index contributed by atoms with van der Waals surface area (Å²) < 4.78 is 7.50. The number of hydrogen-bond acceptors (Lipinski definition) is 5. The van der Waals surface area contributed by atoms with Gasteiger partial charge in [-0.3, -0.25) is 4.79 Å². The van der Waals surface area contributed by atoms with Crippen LogP contribution in [0.3, 0.4) is 0 Å². The Labute approximate surface area is 174 Å². The number of amides is 1. The Morgan fingerprint density at radius 3 is 2.57 bits per heavy atom. The number of nitrogens with zero attached hydrogens (tertiary/aromatic N) is 3. The molecule has 4 aromatic rings. The second-order valence-corrected chi connectivity index (χ2v) is 6.47. The molecular weight excluding hydrogens is 378 g/mol. The average Bonchev–Trinajstić information content (AvgIpc) is 3.33. The summed E-state index contributed by atoms with van der Waals surface area (Å²) in [5.74, 6) is 1.12. The molecule has 0 fully saturated rings. The highest BCUT2D eigenvalue weighted by Crippen LogP contribution is 2.17. The van der Waals surface area contributed by atoms with E-state index in [0.29, 0.717) is 24.7 Å². The zero-order valence-electron chi connectivity index (χ0n) is 16.2. The lowest BCUT2D eigenvalue weighted by molar-refractivity contribution is 0.0942. The minimum Gasteiger partial charge on any atom is -0.492 e. The first-order valence-corrected chi connectivity index (χ1v) is 9.56. The Balaban J connectivity index is 1.31. The van der Waals surface area contributed by atoms with Crippen molar-refractivity contribution in [3.8, 4) is 11.4 Å². The fraction of sp³-hybridized carbons (Fsp3) is 0.0870. The van der Waals surface area contributed by atoms with Crippen LogP contribution in [0.1, 0.15) is 10.5 Å². The fourth-order valence-corrected chi connectivity index (χ4v) is 2.85. The van der Waals surface area contributed by atoms with Crippen LogP contribution in [0.2, 0.25) is 0 Å². The van der Waals surface area contributed by atoms with E-state index in [1.54, 1.807) is 24.7 Å². The number of ether oxygens (including phenoxy) is 1. The van der Waals surface area contributed by atoms with Gasteiger partial charge in [0.2, 0.25) is 0 Å². The summed E-state index contributed by atoms with van der Waals surface area (Å²) in [5.41, 5.74) is 2.23. The van der Waals surface area contributed by atoms with Crippen molar-refractivity contribution in [2.45, 2.75) is 0 Å². The van der Waals surface area contributed by atoms with E-state index in [1.165, 1.54) is 0 Å². The highest BCUT2D eigenvalue weighted by Gasteiger charge is 2.08. The Kier molecular flexibility index (Phi) is 6.00. The van der Waals surface area contributed by atoms with Crippen LogP contribution in [-0.4, -0.2) is 33.6 Å². The summed E-state index contributed by atoms with van der Waals surface area (Å²) in [6.45, 7) is 0.778. The number of para-hydroxylation sites is 1. The number of carbonyl (C=O) groups is 1. The van der Waals surface area contributed by atoms with Gasteiger partial charge in [0.15, 0.2) is 0 Å². The molecule has 1 amide bonds. The number of anilines is 2. The first-order valence-electron chi connectivity index (χ1n) is 9.56. The number of carbonyl (C=O) groups excluding carboxylic acids is 1. The molecule has 0 unspecified atom stereocenters. The van der Waals surface area contributed by atoms with E-state index in [1.807, 2.05) is 71.4 Å². The van der Waals surface area contributed by atoms with E-state index in [9.17, 15) is 4.79 Å². The first-order chi connectivity index (χ1) is 14.8. The van der Waals surface area contributed by atoms with Crippen molar-refractivity contribution < 1.29 is 9.53 Å². The lowest BCUT2D eigenvalue weighted by Gasteiger charge is -2.10. The quantitative estimate of drug-likeness (QED) is 0.440. The molecule has 0 radical (unpaired) electrons. The molecule has 30 heavy (non-hydrogen) atoms. The van der Waals surface area contributed by atoms with Crippen LogP contribution in [0.25, 0.3) is 5.69 Å². The van der Waals surface area contributed by atoms with Gasteiger partial charge in [-0.1, -0.05) is 24.3 Å². The molecule has 2 heterocycles. The van der Waals surface area contributed by atoms with Gasteiger partial charge in [0.1, 0.15) is 23.9 Å². The third-order valence-corrected chi connectivity index (χ3v) is 4.32. The summed E-state index contributed by atoms with van der Waals surface area (Å²) in [5, 5.41) is 6.04. The van der Waals surface area contributed by atoms with Gasteiger partial charge in [0, 0.05) is 23.8 Å². The number of pyridine rings is 1. The van der Waals surface area contributed by atoms with E-state index >= 15 is 0 Å². The number of aromatic nitrogens is 3. The smallest absolute Gasteiger partial charge is 0.270 e. The molecule has 0 aliphatic rings.